The summed E-state index contributed by atoms with van der Waals surface area (Å²) in [4.78, 5) is 6.19. The van der Waals surface area contributed by atoms with Crippen LogP contribution in [0, 0.1) is 5.82 Å². The van der Waals surface area contributed by atoms with E-state index in [2.05, 4.69) is 4.98 Å². The van der Waals surface area contributed by atoms with Gasteiger partial charge in [-0.05, 0) is 30.7 Å². The van der Waals surface area contributed by atoms with Gasteiger partial charge in [0.25, 0.3) is 0 Å². The monoisotopic (exact) mass is 260 g/mol. The molecule has 19 heavy (non-hydrogen) atoms. The maximum atomic E-state index is 13.2. The molecule has 1 aromatic heterocycles. The van der Waals surface area contributed by atoms with Crippen LogP contribution in [0.25, 0.3) is 0 Å². The number of pyridine rings is 1. The predicted octanol–water partition coefficient (Wildman–Crippen LogP) is 2.91. The fourth-order valence-electron chi connectivity index (χ4n) is 2.04. The van der Waals surface area contributed by atoms with Crippen LogP contribution in [0.5, 0.6) is 0 Å². The van der Waals surface area contributed by atoms with Crippen LogP contribution in [-0.2, 0) is 6.54 Å². The highest BCUT2D eigenvalue weighted by Crippen LogP contribution is 2.23. The Bertz CT molecular complexity index is 557. The molecule has 0 unspecified atom stereocenters. The standard InChI is InChI=1S/C15H17FN2O/c1-11(19)14-7-4-8-17-15(14)18(2)10-12-5-3-6-13(16)9-12/h3-9,11,19H,10H2,1-2H3/t11-/m0/s1. The molecule has 0 aliphatic carbocycles. The molecule has 2 rings (SSSR count). The molecule has 1 heterocycles. The largest absolute Gasteiger partial charge is 0.389 e. The third-order valence-corrected chi connectivity index (χ3v) is 2.94. The van der Waals surface area contributed by atoms with Gasteiger partial charge >= 0.3 is 0 Å². The van der Waals surface area contributed by atoms with E-state index in [1.165, 1.54) is 12.1 Å². The van der Waals surface area contributed by atoms with Gasteiger partial charge in [0.1, 0.15) is 11.6 Å². The van der Waals surface area contributed by atoms with Gasteiger partial charge in [-0.2, -0.15) is 0 Å². The first-order valence-corrected chi connectivity index (χ1v) is 6.16. The molecule has 0 amide bonds. The maximum absolute atomic E-state index is 13.2. The average Bonchev–Trinajstić information content (AvgIpc) is 2.38. The normalized spacial score (nSPS) is 12.2. The number of aliphatic hydroxyl groups excluding tert-OH is 1. The molecule has 1 atom stereocenters. The highest BCUT2D eigenvalue weighted by molar-refractivity contribution is 5.47. The number of benzene rings is 1. The van der Waals surface area contributed by atoms with Crippen molar-refractivity contribution in [1.29, 1.82) is 0 Å². The minimum atomic E-state index is -0.585. The number of hydrogen-bond donors (Lipinski definition) is 1. The second-order valence-corrected chi connectivity index (χ2v) is 4.58. The van der Waals surface area contributed by atoms with Crippen LogP contribution in [0.15, 0.2) is 42.6 Å². The fourth-order valence-corrected chi connectivity index (χ4v) is 2.04. The Kier molecular flexibility index (Phi) is 4.12. The first kappa shape index (κ1) is 13.5. The highest BCUT2D eigenvalue weighted by atomic mass is 19.1. The summed E-state index contributed by atoms with van der Waals surface area (Å²) in [6, 6.07) is 10.1. The first-order chi connectivity index (χ1) is 9.08. The van der Waals surface area contributed by atoms with E-state index in [0.717, 1.165) is 11.1 Å². The molecular weight excluding hydrogens is 243 g/mol. The number of nitrogens with zero attached hydrogens (tertiary/aromatic N) is 2. The van der Waals surface area contributed by atoms with Gasteiger partial charge in [-0.25, -0.2) is 9.37 Å². The summed E-state index contributed by atoms with van der Waals surface area (Å²) >= 11 is 0. The molecule has 0 saturated heterocycles. The Morgan fingerprint density at radius 2 is 2.11 bits per heavy atom. The molecular formula is C15H17FN2O. The predicted molar refractivity (Wildman–Crippen MR) is 73.4 cm³/mol. The van der Waals surface area contributed by atoms with Crippen LogP contribution >= 0.6 is 0 Å². The van der Waals surface area contributed by atoms with Crippen molar-refractivity contribution in [3.63, 3.8) is 0 Å². The van der Waals surface area contributed by atoms with Crippen molar-refractivity contribution < 1.29 is 9.50 Å². The highest BCUT2D eigenvalue weighted by Gasteiger charge is 2.12. The molecule has 3 nitrogen and oxygen atoms in total. The summed E-state index contributed by atoms with van der Waals surface area (Å²) in [5.41, 5.74) is 1.63. The van der Waals surface area contributed by atoms with Gasteiger partial charge in [0.15, 0.2) is 0 Å². The lowest BCUT2D eigenvalue weighted by Crippen LogP contribution is -2.20. The minimum Gasteiger partial charge on any atom is -0.389 e. The van der Waals surface area contributed by atoms with Gasteiger partial charge in [0, 0.05) is 25.4 Å². The van der Waals surface area contributed by atoms with Crippen molar-refractivity contribution >= 4 is 5.82 Å². The lowest BCUT2D eigenvalue weighted by molar-refractivity contribution is 0.199. The van der Waals surface area contributed by atoms with E-state index in [9.17, 15) is 9.50 Å². The molecule has 0 radical (unpaired) electrons. The molecule has 1 N–H and O–H groups in total. The van der Waals surface area contributed by atoms with E-state index in [-0.39, 0.29) is 5.82 Å². The number of aliphatic hydroxyl groups is 1. The average molecular weight is 260 g/mol. The SMILES string of the molecule is C[C@H](O)c1cccnc1N(C)Cc1cccc(F)c1. The van der Waals surface area contributed by atoms with E-state index >= 15 is 0 Å². The van der Waals surface area contributed by atoms with Crippen LogP contribution in [0.4, 0.5) is 10.2 Å². The van der Waals surface area contributed by atoms with Crippen LogP contribution in [0.1, 0.15) is 24.2 Å². The number of rotatable bonds is 4. The quantitative estimate of drug-likeness (QED) is 0.918. The Hall–Kier alpha value is -1.94. The van der Waals surface area contributed by atoms with Crippen molar-refractivity contribution in [3.05, 3.63) is 59.5 Å². The van der Waals surface area contributed by atoms with E-state index in [4.69, 9.17) is 0 Å². The van der Waals surface area contributed by atoms with Crippen molar-refractivity contribution in [2.24, 2.45) is 0 Å². The topological polar surface area (TPSA) is 36.4 Å². The van der Waals surface area contributed by atoms with E-state index in [0.29, 0.717) is 12.4 Å². The molecule has 0 saturated carbocycles. The van der Waals surface area contributed by atoms with Gasteiger partial charge < -0.3 is 10.0 Å². The second kappa shape index (κ2) is 5.80. The van der Waals surface area contributed by atoms with Gasteiger partial charge in [-0.1, -0.05) is 18.2 Å². The van der Waals surface area contributed by atoms with Crippen molar-refractivity contribution in [1.82, 2.24) is 4.98 Å². The van der Waals surface area contributed by atoms with E-state index in [1.54, 1.807) is 25.3 Å². The fraction of sp³-hybridized carbons (Fsp3) is 0.267. The lowest BCUT2D eigenvalue weighted by Gasteiger charge is -2.22. The Morgan fingerprint density at radius 3 is 2.79 bits per heavy atom. The molecule has 0 bridgehead atoms. The molecule has 0 fully saturated rings. The molecule has 100 valence electrons. The lowest BCUT2D eigenvalue weighted by atomic mass is 10.1. The Balaban J connectivity index is 2.23. The summed E-state index contributed by atoms with van der Waals surface area (Å²) in [6.45, 7) is 2.24. The summed E-state index contributed by atoms with van der Waals surface area (Å²) in [6.07, 6.45) is 1.10. The Labute approximate surface area is 112 Å². The van der Waals surface area contributed by atoms with Gasteiger partial charge in [0.2, 0.25) is 0 Å². The van der Waals surface area contributed by atoms with Gasteiger partial charge in [-0.3, -0.25) is 0 Å². The summed E-state index contributed by atoms with van der Waals surface area (Å²) in [7, 11) is 1.87. The third-order valence-electron chi connectivity index (χ3n) is 2.94. The van der Waals surface area contributed by atoms with Crippen LogP contribution < -0.4 is 4.90 Å². The van der Waals surface area contributed by atoms with Crippen molar-refractivity contribution in [2.45, 2.75) is 19.6 Å². The number of halogens is 1. The first-order valence-electron chi connectivity index (χ1n) is 6.16. The smallest absolute Gasteiger partial charge is 0.134 e. The summed E-state index contributed by atoms with van der Waals surface area (Å²) in [5, 5.41) is 9.74. The maximum Gasteiger partial charge on any atom is 0.134 e. The summed E-state index contributed by atoms with van der Waals surface area (Å²) < 4.78 is 13.2. The zero-order chi connectivity index (χ0) is 13.8. The zero-order valence-corrected chi connectivity index (χ0v) is 11.0. The second-order valence-electron chi connectivity index (χ2n) is 4.58. The molecule has 2 aromatic rings. The summed E-state index contributed by atoms with van der Waals surface area (Å²) in [5.74, 6) is 0.462. The minimum absolute atomic E-state index is 0.248. The third kappa shape index (κ3) is 3.29. The van der Waals surface area contributed by atoms with Crippen molar-refractivity contribution in [3.8, 4) is 0 Å². The van der Waals surface area contributed by atoms with Crippen LogP contribution in [0.3, 0.4) is 0 Å². The zero-order valence-electron chi connectivity index (χ0n) is 11.0. The van der Waals surface area contributed by atoms with Gasteiger partial charge in [-0.15, -0.1) is 0 Å². The number of anilines is 1. The van der Waals surface area contributed by atoms with Gasteiger partial charge in [0.05, 0.1) is 6.10 Å². The molecule has 1 aromatic carbocycles. The van der Waals surface area contributed by atoms with Crippen LogP contribution in [-0.4, -0.2) is 17.1 Å². The number of aromatic nitrogens is 1. The van der Waals surface area contributed by atoms with Crippen LogP contribution in [0.2, 0.25) is 0 Å². The van der Waals surface area contributed by atoms with E-state index in [1.807, 2.05) is 24.1 Å². The number of hydrogen-bond acceptors (Lipinski definition) is 3. The van der Waals surface area contributed by atoms with Crippen molar-refractivity contribution in [2.75, 3.05) is 11.9 Å². The van der Waals surface area contributed by atoms with E-state index < -0.39 is 6.10 Å². The Morgan fingerprint density at radius 1 is 1.32 bits per heavy atom. The molecule has 0 aliphatic heterocycles. The molecule has 0 aliphatic rings. The molecule has 4 heteroatoms. The molecule has 0 spiro atoms.